The van der Waals surface area contributed by atoms with Crippen molar-refractivity contribution in [3.63, 3.8) is 0 Å². The normalized spacial score (nSPS) is 8.21. The molecule has 29 heavy (non-hydrogen) atoms. The number of carboxylic acids is 4. The first kappa shape index (κ1) is 46.4. The Bertz CT molecular complexity index is 354. The van der Waals surface area contributed by atoms with Crippen LogP contribution in [0.25, 0.3) is 23.8 Å². The van der Waals surface area contributed by atoms with Crippen molar-refractivity contribution < 1.29 is 81.7 Å². The quantitative estimate of drug-likeness (QED) is 0.190. The fraction of sp³-hybridized carbons (Fsp3) is 0.733. The molecule has 14 heteroatoms. The molecule has 0 unspecified atom stereocenters. The van der Waals surface area contributed by atoms with E-state index in [1.807, 2.05) is 0 Å². The fourth-order valence-corrected chi connectivity index (χ4v) is 1.29. The third-order valence-electron chi connectivity index (χ3n) is 2.81. The van der Waals surface area contributed by atoms with Crippen LogP contribution in [0.5, 0.6) is 0 Å². The van der Waals surface area contributed by atoms with Crippen molar-refractivity contribution in [3.8, 4) is 0 Å². The van der Waals surface area contributed by atoms with Crippen LogP contribution in [-0.4, -0.2) is 37.0 Å². The van der Waals surface area contributed by atoms with Gasteiger partial charge in [0.15, 0.2) is 0 Å². The van der Waals surface area contributed by atoms with E-state index in [0.717, 1.165) is 19.3 Å². The molecule has 0 aliphatic heterocycles. The van der Waals surface area contributed by atoms with Gasteiger partial charge in [-0.1, -0.05) is 33.1 Å². The molecule has 0 aromatic rings. The number of unbranched alkanes of at least 4 members (excludes halogenated alkanes) is 2. The third kappa shape index (κ3) is 32.0. The molecule has 0 rings (SSSR count). The molecular formula is C15H28N4O8Pt2. The van der Waals surface area contributed by atoms with Gasteiger partial charge in [0.05, 0.1) is 23.9 Å². The minimum Gasteiger partial charge on any atom is -0.693 e. The third-order valence-corrected chi connectivity index (χ3v) is 2.81. The van der Waals surface area contributed by atoms with Gasteiger partial charge < -0.3 is 63.4 Å². The molecule has 0 aromatic carbocycles. The SMILES string of the molecule is CCC(C(=O)[O-])C(=O)[O-].CCC(C(=O)[O-])C(=O)[O-].[NH-]CCCCC[NH-].[NH2-].[NH2-].[Pt+4].[Pt+4]. The van der Waals surface area contributed by atoms with Crippen molar-refractivity contribution >= 4 is 23.9 Å². The Balaban J connectivity index is -0.0000000472. The number of nitrogens with two attached hydrogens (primary N) is 2. The van der Waals surface area contributed by atoms with Gasteiger partial charge in [-0.3, -0.25) is 0 Å². The van der Waals surface area contributed by atoms with Crippen LogP contribution in [0.15, 0.2) is 0 Å². The van der Waals surface area contributed by atoms with Gasteiger partial charge in [0.1, 0.15) is 0 Å². The first-order valence-electron chi connectivity index (χ1n) is 7.73. The summed E-state index contributed by atoms with van der Waals surface area (Å²) in [7, 11) is 0. The molecule has 0 saturated carbocycles. The molecule has 0 heterocycles. The number of hydrogen-bond acceptors (Lipinski definition) is 8. The summed E-state index contributed by atoms with van der Waals surface area (Å²) < 4.78 is 0. The summed E-state index contributed by atoms with van der Waals surface area (Å²) in [5.74, 6) is -9.28. The molecule has 0 aromatic heterocycles. The summed E-state index contributed by atoms with van der Waals surface area (Å²) in [5, 5.41) is 39.4. The molecule has 0 spiro atoms. The summed E-state index contributed by atoms with van der Waals surface area (Å²) in [6, 6.07) is 0. The number of rotatable bonds is 10. The maximum atomic E-state index is 9.84. The van der Waals surface area contributed by atoms with E-state index in [-0.39, 0.29) is 67.3 Å². The van der Waals surface area contributed by atoms with Crippen LogP contribution in [0, 0.1) is 11.8 Å². The van der Waals surface area contributed by atoms with Gasteiger partial charge in [-0.05, 0) is 12.8 Å². The van der Waals surface area contributed by atoms with E-state index in [9.17, 15) is 39.6 Å². The van der Waals surface area contributed by atoms with Gasteiger partial charge in [0.25, 0.3) is 0 Å². The van der Waals surface area contributed by atoms with E-state index >= 15 is 0 Å². The molecule has 0 fully saturated rings. The van der Waals surface area contributed by atoms with Crippen LogP contribution in [0.4, 0.5) is 0 Å². The van der Waals surface area contributed by atoms with Crippen LogP contribution < -0.4 is 20.4 Å². The van der Waals surface area contributed by atoms with Crippen molar-refractivity contribution in [3.05, 3.63) is 23.8 Å². The Hall–Kier alpha value is -0.903. The molecule has 176 valence electrons. The Labute approximate surface area is 199 Å². The minimum atomic E-state index is -1.59. The number of carbonyl (C=O) groups is 4. The molecular weight excluding hydrogens is 754 g/mol. The zero-order valence-electron chi connectivity index (χ0n) is 16.2. The van der Waals surface area contributed by atoms with Crippen LogP contribution in [0.1, 0.15) is 46.0 Å². The molecule has 0 radical (unpaired) electrons. The van der Waals surface area contributed by atoms with Crippen molar-refractivity contribution in [1.82, 2.24) is 0 Å². The number of carbonyl (C=O) groups excluding carboxylic acids is 4. The zero-order valence-corrected chi connectivity index (χ0v) is 20.7. The second-order valence-electron chi connectivity index (χ2n) is 4.76. The monoisotopic (exact) mass is 782 g/mol. The van der Waals surface area contributed by atoms with Gasteiger partial charge in [-0.25, -0.2) is 0 Å². The largest absolute Gasteiger partial charge is 4.00 e. The Morgan fingerprint density at radius 1 is 0.621 bits per heavy atom. The summed E-state index contributed by atoms with van der Waals surface area (Å²) in [6.45, 7) is 3.94. The van der Waals surface area contributed by atoms with Gasteiger partial charge in [-0.15, -0.1) is 0 Å². The summed E-state index contributed by atoms with van der Waals surface area (Å²) >= 11 is 0. The average Bonchev–Trinajstić information content (AvgIpc) is 2.48. The number of nitrogens with one attached hydrogen (secondary N) is 2. The second-order valence-corrected chi connectivity index (χ2v) is 4.76. The molecule has 12 nitrogen and oxygen atoms in total. The second kappa shape index (κ2) is 31.8. The number of carboxylic acid groups (broad SMARTS) is 4. The first-order chi connectivity index (χ1) is 11.6. The smallest absolute Gasteiger partial charge is 0.693 e. The maximum Gasteiger partial charge on any atom is 4.00 e. The van der Waals surface area contributed by atoms with E-state index < -0.39 is 35.7 Å². The maximum absolute atomic E-state index is 9.84. The number of hydrogen-bond donors (Lipinski definition) is 0. The minimum absolute atomic E-state index is 0. The van der Waals surface area contributed by atoms with Crippen molar-refractivity contribution in [2.45, 2.75) is 46.0 Å². The van der Waals surface area contributed by atoms with Crippen LogP contribution >= 0.6 is 0 Å². The van der Waals surface area contributed by atoms with Crippen LogP contribution in [-0.2, 0) is 61.3 Å². The predicted octanol–water partition coefficient (Wildman–Crippen LogP) is -1.28. The first-order valence-corrected chi connectivity index (χ1v) is 7.73. The predicted molar refractivity (Wildman–Crippen MR) is 90.4 cm³/mol. The van der Waals surface area contributed by atoms with Gasteiger partial charge in [0, 0.05) is 11.8 Å². The topological polar surface area (TPSA) is 275 Å². The summed E-state index contributed by atoms with van der Waals surface area (Å²) in [6.07, 6.45) is 3.01. The van der Waals surface area contributed by atoms with Gasteiger partial charge in [-0.2, -0.15) is 13.1 Å². The van der Waals surface area contributed by atoms with E-state index in [1.54, 1.807) is 0 Å². The molecule has 0 aliphatic carbocycles. The van der Waals surface area contributed by atoms with E-state index in [1.165, 1.54) is 13.8 Å². The van der Waals surface area contributed by atoms with Crippen LogP contribution in [0.3, 0.4) is 0 Å². The van der Waals surface area contributed by atoms with Crippen molar-refractivity contribution in [1.29, 1.82) is 0 Å². The zero-order chi connectivity index (χ0) is 20.4. The van der Waals surface area contributed by atoms with Gasteiger partial charge >= 0.3 is 42.1 Å². The Morgan fingerprint density at radius 3 is 0.897 bits per heavy atom. The summed E-state index contributed by atoms with van der Waals surface area (Å²) in [4.78, 5) is 39.4. The molecule has 0 bridgehead atoms. The Morgan fingerprint density at radius 2 is 0.828 bits per heavy atom. The molecule has 0 aliphatic rings. The summed E-state index contributed by atoms with van der Waals surface area (Å²) in [5.41, 5.74) is 13.4. The Kier molecular flexibility index (Phi) is 50.8. The van der Waals surface area contributed by atoms with Crippen molar-refractivity contribution in [2.75, 3.05) is 13.1 Å². The molecule has 6 N–H and O–H groups in total. The van der Waals surface area contributed by atoms with Crippen LogP contribution in [0.2, 0.25) is 0 Å². The molecule has 0 saturated heterocycles. The fourth-order valence-electron chi connectivity index (χ4n) is 1.29. The van der Waals surface area contributed by atoms with Gasteiger partial charge in [0.2, 0.25) is 0 Å². The molecule has 0 atom stereocenters. The standard InChI is InChI=1S/C5H12N2.2C5H8O4.2H2N.2Pt/c6-4-2-1-3-5-7;2*1-2-3(4(6)7)5(8)9;;;;/h6-7H,1-5H2;2*3H,2H2,1H3,(H,6,7)(H,8,9);2*1H2;;/q-2;;;2*-1;2*+4/p-4. The van der Waals surface area contributed by atoms with E-state index in [2.05, 4.69) is 0 Å². The van der Waals surface area contributed by atoms with Crippen molar-refractivity contribution in [2.24, 2.45) is 11.8 Å². The van der Waals surface area contributed by atoms with E-state index in [0.29, 0.717) is 13.1 Å². The molecule has 0 amide bonds. The number of aliphatic carboxylic acids is 4. The van der Waals surface area contributed by atoms with E-state index in [4.69, 9.17) is 11.5 Å². The average molecular weight is 783 g/mol.